The summed E-state index contributed by atoms with van der Waals surface area (Å²) in [5.74, 6) is -0.358. The summed E-state index contributed by atoms with van der Waals surface area (Å²) in [6.07, 6.45) is 0.956. The number of ether oxygens (including phenoxy) is 1. The fraction of sp³-hybridized carbons (Fsp3) is 0.875. The molecule has 0 aromatic carbocycles. The van der Waals surface area contributed by atoms with Crippen molar-refractivity contribution in [3.05, 3.63) is 0 Å². The quantitative estimate of drug-likeness (QED) is 0.635. The maximum Gasteiger partial charge on any atom is 0.303 e. The number of carboxylic acid groups (broad SMARTS) is 1. The number of rotatable bonds is 3. The van der Waals surface area contributed by atoms with Crippen molar-refractivity contribution in [2.75, 3.05) is 26.3 Å². The minimum atomic E-state index is -0.723. The second-order valence-corrected chi connectivity index (χ2v) is 3.08. The van der Waals surface area contributed by atoms with Crippen LogP contribution >= 0.6 is 0 Å². The number of hydrogen-bond donors (Lipinski definition) is 2. The average molecular weight is 173 g/mol. The van der Waals surface area contributed by atoms with Gasteiger partial charge in [-0.2, -0.15) is 0 Å². The molecule has 0 radical (unpaired) electrons. The molecule has 0 amide bonds. The van der Waals surface area contributed by atoms with Crippen LogP contribution < -0.4 is 5.32 Å². The highest BCUT2D eigenvalue weighted by Gasteiger charge is 2.13. The fourth-order valence-corrected chi connectivity index (χ4v) is 1.27. The Morgan fingerprint density at radius 3 is 3.25 bits per heavy atom. The van der Waals surface area contributed by atoms with E-state index in [1.807, 2.05) is 0 Å². The molecule has 1 fully saturated rings. The Morgan fingerprint density at radius 2 is 2.50 bits per heavy atom. The number of aliphatic carboxylic acids is 1. The van der Waals surface area contributed by atoms with E-state index in [9.17, 15) is 4.79 Å². The van der Waals surface area contributed by atoms with Gasteiger partial charge in [-0.3, -0.25) is 4.79 Å². The fourth-order valence-electron chi connectivity index (χ4n) is 1.27. The van der Waals surface area contributed by atoms with Crippen molar-refractivity contribution in [3.63, 3.8) is 0 Å². The van der Waals surface area contributed by atoms with Gasteiger partial charge >= 0.3 is 5.97 Å². The summed E-state index contributed by atoms with van der Waals surface area (Å²) >= 11 is 0. The zero-order valence-electron chi connectivity index (χ0n) is 7.08. The van der Waals surface area contributed by atoms with Crippen LogP contribution in [0.3, 0.4) is 0 Å². The highest BCUT2D eigenvalue weighted by Crippen LogP contribution is 2.07. The van der Waals surface area contributed by atoms with E-state index in [1.165, 1.54) is 0 Å². The van der Waals surface area contributed by atoms with E-state index in [0.29, 0.717) is 18.9 Å². The van der Waals surface area contributed by atoms with Crippen LogP contribution in [0.25, 0.3) is 0 Å². The molecule has 4 heteroatoms. The highest BCUT2D eigenvalue weighted by atomic mass is 16.5. The molecule has 12 heavy (non-hydrogen) atoms. The standard InChI is InChI=1S/C8H15NO3/c10-8(11)2-1-7-5-9-3-4-12-6-7/h7,9H,1-6H2,(H,10,11). The summed E-state index contributed by atoms with van der Waals surface area (Å²) in [6.45, 7) is 3.20. The van der Waals surface area contributed by atoms with Crippen LogP contribution in [0.15, 0.2) is 0 Å². The molecule has 0 saturated carbocycles. The first kappa shape index (κ1) is 9.48. The Bertz CT molecular complexity index is 141. The Labute approximate surface area is 71.9 Å². The maximum absolute atomic E-state index is 10.3. The first-order valence-corrected chi connectivity index (χ1v) is 4.29. The van der Waals surface area contributed by atoms with Crippen LogP contribution in [0, 0.1) is 5.92 Å². The Morgan fingerprint density at radius 1 is 1.67 bits per heavy atom. The minimum Gasteiger partial charge on any atom is -0.481 e. The molecular weight excluding hydrogens is 158 g/mol. The monoisotopic (exact) mass is 173 g/mol. The van der Waals surface area contributed by atoms with Crippen LogP contribution in [-0.2, 0) is 9.53 Å². The second kappa shape index (κ2) is 5.11. The lowest BCUT2D eigenvalue weighted by molar-refractivity contribution is -0.137. The van der Waals surface area contributed by atoms with Crippen molar-refractivity contribution >= 4 is 5.97 Å². The van der Waals surface area contributed by atoms with Gasteiger partial charge in [0.25, 0.3) is 0 Å². The van der Waals surface area contributed by atoms with Crippen molar-refractivity contribution in [2.45, 2.75) is 12.8 Å². The molecule has 1 heterocycles. The van der Waals surface area contributed by atoms with Gasteiger partial charge in [-0.1, -0.05) is 0 Å². The third kappa shape index (κ3) is 3.69. The highest BCUT2D eigenvalue weighted by molar-refractivity contribution is 5.66. The van der Waals surface area contributed by atoms with Gasteiger partial charge in [0, 0.05) is 19.5 Å². The summed E-state index contributed by atoms with van der Waals surface area (Å²) in [6, 6.07) is 0. The molecule has 1 aliphatic heterocycles. The zero-order chi connectivity index (χ0) is 8.81. The molecular formula is C8H15NO3. The van der Waals surface area contributed by atoms with Crippen LogP contribution in [0.4, 0.5) is 0 Å². The lowest BCUT2D eigenvalue weighted by atomic mass is 10.0. The van der Waals surface area contributed by atoms with Gasteiger partial charge in [0.1, 0.15) is 0 Å². The minimum absolute atomic E-state index is 0.246. The van der Waals surface area contributed by atoms with Gasteiger partial charge in [-0.05, 0) is 12.3 Å². The van der Waals surface area contributed by atoms with E-state index in [4.69, 9.17) is 9.84 Å². The molecule has 1 rings (SSSR count). The maximum atomic E-state index is 10.3. The predicted octanol–water partition coefficient (Wildman–Crippen LogP) is 0.0872. The summed E-state index contributed by atoms with van der Waals surface area (Å²) < 4.78 is 5.28. The van der Waals surface area contributed by atoms with Crippen molar-refractivity contribution in [2.24, 2.45) is 5.92 Å². The summed E-state index contributed by atoms with van der Waals surface area (Å²) in [5, 5.41) is 11.7. The van der Waals surface area contributed by atoms with E-state index >= 15 is 0 Å². The number of carboxylic acids is 1. The first-order valence-electron chi connectivity index (χ1n) is 4.29. The van der Waals surface area contributed by atoms with Gasteiger partial charge in [-0.25, -0.2) is 0 Å². The molecule has 0 bridgehead atoms. The largest absolute Gasteiger partial charge is 0.481 e. The SMILES string of the molecule is O=C(O)CCC1CNCCOC1. The first-order chi connectivity index (χ1) is 5.79. The molecule has 1 atom stereocenters. The van der Waals surface area contributed by atoms with Gasteiger partial charge in [0.2, 0.25) is 0 Å². The van der Waals surface area contributed by atoms with E-state index in [1.54, 1.807) is 0 Å². The smallest absolute Gasteiger partial charge is 0.303 e. The Hall–Kier alpha value is -0.610. The van der Waals surface area contributed by atoms with E-state index in [-0.39, 0.29) is 6.42 Å². The zero-order valence-corrected chi connectivity index (χ0v) is 7.08. The van der Waals surface area contributed by atoms with Gasteiger partial charge < -0.3 is 15.2 Å². The normalized spacial score (nSPS) is 24.8. The molecule has 1 aliphatic rings. The molecule has 1 unspecified atom stereocenters. The van der Waals surface area contributed by atoms with E-state index in [0.717, 1.165) is 19.7 Å². The van der Waals surface area contributed by atoms with Gasteiger partial charge in [0.15, 0.2) is 0 Å². The van der Waals surface area contributed by atoms with Crippen molar-refractivity contribution in [1.29, 1.82) is 0 Å². The number of nitrogens with one attached hydrogen (secondary N) is 1. The lowest BCUT2D eigenvalue weighted by Crippen LogP contribution is -2.23. The van der Waals surface area contributed by atoms with Crippen molar-refractivity contribution in [1.82, 2.24) is 5.32 Å². The number of carbonyl (C=O) groups is 1. The average Bonchev–Trinajstić information content (AvgIpc) is 2.28. The third-order valence-corrected chi connectivity index (χ3v) is 1.98. The second-order valence-electron chi connectivity index (χ2n) is 3.08. The van der Waals surface area contributed by atoms with Crippen LogP contribution in [-0.4, -0.2) is 37.4 Å². The summed E-state index contributed by atoms with van der Waals surface area (Å²) in [4.78, 5) is 10.3. The topological polar surface area (TPSA) is 58.6 Å². The van der Waals surface area contributed by atoms with Crippen LogP contribution in [0.1, 0.15) is 12.8 Å². The van der Waals surface area contributed by atoms with Crippen molar-refractivity contribution < 1.29 is 14.6 Å². The van der Waals surface area contributed by atoms with Gasteiger partial charge in [-0.15, -0.1) is 0 Å². The Kier molecular flexibility index (Phi) is 4.04. The predicted molar refractivity (Wildman–Crippen MR) is 44.0 cm³/mol. The molecule has 0 spiro atoms. The van der Waals surface area contributed by atoms with Gasteiger partial charge in [0.05, 0.1) is 13.2 Å². The molecule has 1 saturated heterocycles. The van der Waals surface area contributed by atoms with E-state index < -0.39 is 5.97 Å². The van der Waals surface area contributed by atoms with E-state index in [2.05, 4.69) is 5.32 Å². The lowest BCUT2D eigenvalue weighted by Gasteiger charge is -2.11. The third-order valence-electron chi connectivity index (χ3n) is 1.98. The molecule has 2 N–H and O–H groups in total. The summed E-state index contributed by atoms with van der Waals surface area (Å²) in [5.41, 5.74) is 0. The van der Waals surface area contributed by atoms with Crippen LogP contribution in [0.2, 0.25) is 0 Å². The summed E-state index contributed by atoms with van der Waals surface area (Å²) in [7, 11) is 0. The molecule has 0 aromatic rings. The molecule has 4 nitrogen and oxygen atoms in total. The molecule has 0 aromatic heterocycles. The molecule has 0 aliphatic carbocycles. The van der Waals surface area contributed by atoms with Crippen LogP contribution in [0.5, 0.6) is 0 Å². The van der Waals surface area contributed by atoms with Crippen molar-refractivity contribution in [3.8, 4) is 0 Å². The molecule has 70 valence electrons. The Balaban J connectivity index is 2.16. The number of hydrogen-bond acceptors (Lipinski definition) is 3.